The van der Waals surface area contributed by atoms with Crippen molar-refractivity contribution in [3.8, 4) is 0 Å². The summed E-state index contributed by atoms with van der Waals surface area (Å²) in [5.74, 6) is -0.581. The first-order valence-corrected chi connectivity index (χ1v) is 6.18. The highest BCUT2D eigenvalue weighted by Gasteiger charge is 2.10. The van der Waals surface area contributed by atoms with Gasteiger partial charge >= 0.3 is 0 Å². The average molecular weight is 281 g/mol. The predicted molar refractivity (Wildman–Crippen MR) is 72.7 cm³/mol. The minimum Gasteiger partial charge on any atom is -0.383 e. The fourth-order valence-electron chi connectivity index (χ4n) is 1.43. The Morgan fingerprint density at radius 2 is 1.45 bits per heavy atom. The number of ether oxygens (including phenoxy) is 2. The summed E-state index contributed by atoms with van der Waals surface area (Å²) < 4.78 is 9.68. The van der Waals surface area contributed by atoms with E-state index < -0.39 is 0 Å². The number of nitrogens with zero attached hydrogens (tertiary/aromatic N) is 1. The molecule has 20 heavy (non-hydrogen) atoms. The Bertz CT molecular complexity index is 414. The van der Waals surface area contributed by atoms with E-state index in [2.05, 4.69) is 15.6 Å². The van der Waals surface area contributed by atoms with Crippen molar-refractivity contribution < 1.29 is 19.1 Å². The van der Waals surface area contributed by atoms with Gasteiger partial charge in [-0.1, -0.05) is 0 Å². The van der Waals surface area contributed by atoms with Crippen LogP contribution in [0.2, 0.25) is 0 Å². The lowest BCUT2D eigenvalue weighted by atomic mass is 10.2. The summed E-state index contributed by atoms with van der Waals surface area (Å²) in [5, 5.41) is 5.33. The zero-order chi connectivity index (χ0) is 14.8. The molecule has 0 radical (unpaired) electrons. The Morgan fingerprint density at radius 3 is 1.85 bits per heavy atom. The number of carbonyl (C=O) groups excluding carboxylic acids is 2. The lowest BCUT2D eigenvalue weighted by Crippen LogP contribution is -2.29. The van der Waals surface area contributed by atoms with Crippen molar-refractivity contribution in [3.05, 3.63) is 29.6 Å². The van der Waals surface area contributed by atoms with E-state index in [0.717, 1.165) is 0 Å². The van der Waals surface area contributed by atoms with Crippen LogP contribution in [0.5, 0.6) is 0 Å². The molecule has 0 bridgehead atoms. The van der Waals surface area contributed by atoms with Crippen molar-refractivity contribution in [2.45, 2.75) is 0 Å². The van der Waals surface area contributed by atoms with Gasteiger partial charge in [0.15, 0.2) is 0 Å². The summed E-state index contributed by atoms with van der Waals surface area (Å²) in [5.41, 5.74) is 0.668. The number of hydrogen-bond donors (Lipinski definition) is 2. The van der Waals surface area contributed by atoms with Gasteiger partial charge in [-0.3, -0.25) is 14.6 Å². The van der Waals surface area contributed by atoms with Crippen LogP contribution in [0.3, 0.4) is 0 Å². The summed E-state index contributed by atoms with van der Waals surface area (Å²) >= 11 is 0. The van der Waals surface area contributed by atoms with Crippen LogP contribution >= 0.6 is 0 Å². The molecule has 0 saturated carbocycles. The normalized spacial score (nSPS) is 10.1. The summed E-state index contributed by atoms with van der Waals surface area (Å²) in [4.78, 5) is 27.5. The Kier molecular flexibility index (Phi) is 7.23. The molecule has 7 heteroatoms. The summed E-state index contributed by atoms with van der Waals surface area (Å²) in [6.07, 6.45) is 2.82. The largest absolute Gasteiger partial charge is 0.383 e. The van der Waals surface area contributed by atoms with Crippen molar-refractivity contribution in [2.75, 3.05) is 40.5 Å². The minimum atomic E-state index is -0.291. The van der Waals surface area contributed by atoms with Crippen LogP contribution in [0.4, 0.5) is 0 Å². The van der Waals surface area contributed by atoms with E-state index in [1.165, 1.54) is 18.5 Å². The molecule has 1 aromatic rings. The second-order valence-corrected chi connectivity index (χ2v) is 3.96. The molecule has 7 nitrogen and oxygen atoms in total. The Balaban J connectivity index is 2.60. The first-order valence-electron chi connectivity index (χ1n) is 6.18. The van der Waals surface area contributed by atoms with Crippen LogP contribution in [0, 0.1) is 0 Å². The zero-order valence-electron chi connectivity index (χ0n) is 11.6. The van der Waals surface area contributed by atoms with E-state index >= 15 is 0 Å². The number of hydrogen-bond acceptors (Lipinski definition) is 5. The van der Waals surface area contributed by atoms with E-state index in [-0.39, 0.29) is 11.8 Å². The van der Waals surface area contributed by atoms with Crippen LogP contribution in [-0.2, 0) is 9.47 Å². The molecule has 2 N–H and O–H groups in total. The molecule has 0 aliphatic rings. The van der Waals surface area contributed by atoms with Crippen LogP contribution < -0.4 is 10.6 Å². The second-order valence-electron chi connectivity index (χ2n) is 3.96. The molecule has 0 saturated heterocycles. The highest BCUT2D eigenvalue weighted by molar-refractivity contribution is 5.99. The third kappa shape index (κ3) is 5.33. The first-order chi connectivity index (χ1) is 9.69. The molecule has 0 aliphatic carbocycles. The van der Waals surface area contributed by atoms with E-state index in [1.54, 1.807) is 14.2 Å². The second kappa shape index (κ2) is 9.00. The average Bonchev–Trinajstić information content (AvgIpc) is 2.47. The fourth-order valence-corrected chi connectivity index (χ4v) is 1.43. The lowest BCUT2D eigenvalue weighted by Gasteiger charge is -2.07. The van der Waals surface area contributed by atoms with Gasteiger partial charge in [-0.15, -0.1) is 0 Å². The van der Waals surface area contributed by atoms with Crippen molar-refractivity contribution in [1.82, 2.24) is 15.6 Å². The molecular weight excluding hydrogens is 262 g/mol. The van der Waals surface area contributed by atoms with Crippen LogP contribution in [0.25, 0.3) is 0 Å². The van der Waals surface area contributed by atoms with Crippen molar-refractivity contribution in [1.29, 1.82) is 0 Å². The molecular formula is C13H19N3O4. The monoisotopic (exact) mass is 281 g/mol. The molecule has 0 aliphatic heterocycles. The first kappa shape index (κ1) is 16.1. The third-order valence-electron chi connectivity index (χ3n) is 2.45. The maximum Gasteiger partial charge on any atom is 0.252 e. The van der Waals surface area contributed by atoms with E-state index in [4.69, 9.17) is 9.47 Å². The number of methoxy groups -OCH3 is 2. The predicted octanol–water partition coefficient (Wildman–Crippen LogP) is -0.166. The zero-order valence-corrected chi connectivity index (χ0v) is 11.6. The number of nitrogens with one attached hydrogen (secondary N) is 2. The van der Waals surface area contributed by atoms with Gasteiger partial charge in [0, 0.05) is 39.7 Å². The van der Waals surface area contributed by atoms with Gasteiger partial charge in [-0.2, -0.15) is 0 Å². The third-order valence-corrected chi connectivity index (χ3v) is 2.45. The molecule has 1 aromatic heterocycles. The molecule has 0 spiro atoms. The van der Waals surface area contributed by atoms with Crippen molar-refractivity contribution >= 4 is 11.8 Å². The van der Waals surface area contributed by atoms with Gasteiger partial charge in [0.05, 0.1) is 24.3 Å². The molecule has 0 atom stereocenters. The maximum absolute atomic E-state index is 11.8. The molecule has 0 unspecified atom stereocenters. The molecule has 110 valence electrons. The smallest absolute Gasteiger partial charge is 0.252 e. The summed E-state index contributed by atoms with van der Waals surface area (Å²) in [7, 11) is 3.11. The Labute approximate surface area is 117 Å². The fraction of sp³-hybridized carbons (Fsp3) is 0.462. The number of carbonyl (C=O) groups is 2. The number of rotatable bonds is 8. The van der Waals surface area contributed by atoms with Crippen LogP contribution in [0.15, 0.2) is 18.5 Å². The van der Waals surface area contributed by atoms with Crippen molar-refractivity contribution in [3.63, 3.8) is 0 Å². The lowest BCUT2D eigenvalue weighted by molar-refractivity contribution is 0.0936. The van der Waals surface area contributed by atoms with Gasteiger partial charge in [-0.05, 0) is 6.07 Å². The number of aromatic nitrogens is 1. The van der Waals surface area contributed by atoms with Gasteiger partial charge < -0.3 is 20.1 Å². The maximum atomic E-state index is 11.8. The van der Waals surface area contributed by atoms with Crippen LogP contribution in [0.1, 0.15) is 20.7 Å². The Morgan fingerprint density at radius 1 is 1.00 bits per heavy atom. The minimum absolute atomic E-state index is 0.291. The molecule has 0 fully saturated rings. The SMILES string of the molecule is COCCNC(=O)c1cncc(C(=O)NCCOC)c1. The van der Waals surface area contributed by atoms with Gasteiger partial charge in [0.1, 0.15) is 0 Å². The van der Waals surface area contributed by atoms with Crippen LogP contribution in [-0.4, -0.2) is 57.3 Å². The van der Waals surface area contributed by atoms with Crippen molar-refractivity contribution in [2.24, 2.45) is 0 Å². The van der Waals surface area contributed by atoms with E-state index in [0.29, 0.717) is 37.4 Å². The van der Waals surface area contributed by atoms with E-state index in [1.807, 2.05) is 0 Å². The van der Waals surface area contributed by atoms with Gasteiger partial charge in [-0.25, -0.2) is 0 Å². The molecule has 0 aromatic carbocycles. The topological polar surface area (TPSA) is 89.5 Å². The molecule has 1 heterocycles. The summed E-state index contributed by atoms with van der Waals surface area (Å²) in [6.45, 7) is 1.66. The van der Waals surface area contributed by atoms with Gasteiger partial charge in [0.2, 0.25) is 0 Å². The van der Waals surface area contributed by atoms with E-state index in [9.17, 15) is 9.59 Å². The Hall–Kier alpha value is -1.99. The number of amides is 2. The highest BCUT2D eigenvalue weighted by atomic mass is 16.5. The summed E-state index contributed by atoms with van der Waals surface area (Å²) in [6, 6.07) is 1.50. The standard InChI is InChI=1S/C13H19N3O4/c1-19-5-3-15-12(17)10-7-11(9-14-8-10)13(18)16-4-6-20-2/h7-9H,3-6H2,1-2H3,(H,15,17)(H,16,18). The number of pyridine rings is 1. The highest BCUT2D eigenvalue weighted by Crippen LogP contribution is 2.02. The quantitative estimate of drug-likeness (QED) is 0.646. The van der Waals surface area contributed by atoms with Gasteiger partial charge in [0.25, 0.3) is 11.8 Å². The molecule has 1 rings (SSSR count). The molecule has 2 amide bonds.